The van der Waals surface area contributed by atoms with Crippen molar-refractivity contribution in [1.29, 1.82) is 0 Å². The number of fused-ring (bicyclic) bond motifs is 7. The third-order valence-electron chi connectivity index (χ3n) is 9.71. The number of hydrogen-bond acceptors (Lipinski definition) is 0. The number of rotatable bonds is 3. The average molecular weight is 661 g/mol. The summed E-state index contributed by atoms with van der Waals surface area (Å²) in [5, 5.41) is 12.1. The van der Waals surface area contributed by atoms with Crippen LogP contribution < -0.4 is 0 Å². The van der Waals surface area contributed by atoms with Crippen molar-refractivity contribution < 1.29 is 1.37 Å². The molecule has 47 heavy (non-hydrogen) atoms. The Hall–Kier alpha value is -5.46. The fourth-order valence-electron chi connectivity index (χ4n) is 7.71. The molecule has 0 radical (unpaired) electrons. The molecule has 0 saturated heterocycles. The van der Waals surface area contributed by atoms with Gasteiger partial charge in [-0.2, -0.15) is 0 Å². The summed E-state index contributed by atoms with van der Waals surface area (Å²) in [5.74, 6) is 0. The van der Waals surface area contributed by atoms with Gasteiger partial charge in [-0.05, 0) is 0 Å². The molecule has 0 bridgehead atoms. The Balaban J connectivity index is 1.26. The van der Waals surface area contributed by atoms with Crippen LogP contribution in [0.5, 0.6) is 0 Å². The molecule has 1 aromatic heterocycles. The van der Waals surface area contributed by atoms with E-state index in [9.17, 15) is 0 Å². The molecule has 1 heterocycles. The normalized spacial score (nSPS) is 12.1. The van der Waals surface area contributed by atoms with Crippen molar-refractivity contribution >= 4 is 76.9 Å². The van der Waals surface area contributed by atoms with Gasteiger partial charge in [0.25, 0.3) is 0 Å². The van der Waals surface area contributed by atoms with Crippen LogP contribution in [0.2, 0.25) is 0 Å². The van der Waals surface area contributed by atoms with Crippen LogP contribution in [0.25, 0.3) is 95.8 Å². The van der Waals surface area contributed by atoms with E-state index in [1.54, 1.807) is 0 Å². The molecule has 0 amide bonds. The van der Waals surface area contributed by atoms with Crippen LogP contribution in [0.4, 0.5) is 0 Å². The first kappa shape index (κ1) is 25.7. The molecule has 0 aliphatic heterocycles. The van der Waals surface area contributed by atoms with Crippen molar-refractivity contribution in [2.24, 2.45) is 0 Å². The summed E-state index contributed by atoms with van der Waals surface area (Å²) in [6, 6.07) is 60.1. The van der Waals surface area contributed by atoms with E-state index < -0.39 is 0 Å². The molecule has 0 aliphatic carbocycles. The zero-order valence-corrected chi connectivity index (χ0v) is 27.2. The first-order valence-corrected chi connectivity index (χ1v) is 17.8. The minimum absolute atomic E-state index is 0.156. The zero-order valence-electron chi connectivity index (χ0n) is 26.5. The van der Waals surface area contributed by atoms with Crippen LogP contribution in [-0.4, -0.2) is 14.5 Å². The van der Waals surface area contributed by atoms with Gasteiger partial charge in [0.1, 0.15) is 0 Å². The first-order valence-electron chi connectivity index (χ1n) is 16.6. The van der Waals surface area contributed by atoms with E-state index in [-0.39, 0.29) is 14.5 Å². The van der Waals surface area contributed by atoms with Gasteiger partial charge in [0.15, 0.2) is 0 Å². The Morgan fingerprint density at radius 3 is 1.49 bits per heavy atom. The van der Waals surface area contributed by atoms with Crippen LogP contribution >= 0.6 is 0 Å². The molecule has 0 fully saturated rings. The Kier molecular flexibility index (Phi) is 5.76. The van der Waals surface area contributed by atoms with Crippen LogP contribution in [0.3, 0.4) is 0 Å². The summed E-state index contributed by atoms with van der Waals surface area (Å²) < 4.78 is 11.9. The molecule has 0 nitrogen and oxygen atoms in total. The van der Waals surface area contributed by atoms with Crippen LogP contribution in [0, 0.1) is 0 Å². The molecular formula is C46H28Se. The third kappa shape index (κ3) is 4.08. The quantitative estimate of drug-likeness (QED) is 0.131. The summed E-state index contributed by atoms with van der Waals surface area (Å²) in [4.78, 5) is 0. The van der Waals surface area contributed by atoms with Crippen molar-refractivity contribution in [2.75, 3.05) is 0 Å². The molecule has 1 heteroatoms. The SMILES string of the molecule is [2H]c1c2ccccc2c(-c2cccc3c2[se]c2ccc(-c4c5ccccc5c(-c5ccccc5)c5ccccc45)cc23)c2ccccc12. The molecule has 0 spiro atoms. The van der Waals surface area contributed by atoms with Crippen molar-refractivity contribution in [3.8, 4) is 33.4 Å². The van der Waals surface area contributed by atoms with E-state index in [1.807, 2.05) is 0 Å². The monoisotopic (exact) mass is 661 g/mol. The van der Waals surface area contributed by atoms with Gasteiger partial charge in [-0.15, -0.1) is 0 Å². The Labute approximate surface area is 280 Å². The fourth-order valence-corrected chi connectivity index (χ4v) is 10.2. The maximum absolute atomic E-state index is 9.04. The molecule has 9 aromatic carbocycles. The Morgan fingerprint density at radius 1 is 0.362 bits per heavy atom. The predicted octanol–water partition coefficient (Wildman–Crippen LogP) is 12.7. The van der Waals surface area contributed by atoms with E-state index in [1.165, 1.54) is 74.2 Å². The zero-order chi connectivity index (χ0) is 31.8. The molecule has 0 saturated carbocycles. The standard InChI is InChI=1S/C46H28Se/c1-2-13-29(14-3-1)43-35-19-8-10-21-37(35)44(38-22-11-9-20-36(38)43)32-25-26-42-41(28-32)39-23-12-24-40(46(39)47-42)45-33-17-6-4-15-30(33)27-31-16-5-7-18-34(31)45/h1-28H/i27D. The average Bonchev–Trinajstić information content (AvgIpc) is 3.53. The second-order valence-electron chi connectivity index (χ2n) is 12.3. The van der Waals surface area contributed by atoms with Crippen molar-refractivity contribution in [2.45, 2.75) is 0 Å². The molecule has 10 rings (SSSR count). The van der Waals surface area contributed by atoms with Crippen LogP contribution in [-0.2, 0) is 0 Å². The van der Waals surface area contributed by atoms with Gasteiger partial charge >= 0.3 is 281 Å². The third-order valence-corrected chi connectivity index (χ3v) is 12.3. The summed E-state index contributed by atoms with van der Waals surface area (Å²) in [6.07, 6.45) is 0. The topological polar surface area (TPSA) is 0 Å². The van der Waals surface area contributed by atoms with Gasteiger partial charge in [0.05, 0.1) is 0 Å². The maximum atomic E-state index is 9.04. The fraction of sp³-hybridized carbons (Fsp3) is 0. The Bertz CT molecular complexity index is 2780. The summed E-state index contributed by atoms with van der Waals surface area (Å²) in [5.41, 5.74) is 7.63. The van der Waals surface area contributed by atoms with E-state index in [0.29, 0.717) is 6.04 Å². The second-order valence-corrected chi connectivity index (χ2v) is 14.5. The first-order chi connectivity index (χ1) is 23.8. The van der Waals surface area contributed by atoms with Gasteiger partial charge in [0.2, 0.25) is 0 Å². The molecule has 10 aromatic rings. The Morgan fingerprint density at radius 2 is 0.872 bits per heavy atom. The summed E-state index contributed by atoms with van der Waals surface area (Å²) in [7, 11) is 0. The van der Waals surface area contributed by atoms with Crippen molar-refractivity contribution in [3.05, 3.63) is 170 Å². The van der Waals surface area contributed by atoms with Gasteiger partial charge in [-0.1, -0.05) is 0 Å². The van der Waals surface area contributed by atoms with Gasteiger partial charge in [-0.3, -0.25) is 0 Å². The molecule has 218 valence electrons. The summed E-state index contributed by atoms with van der Waals surface area (Å²) in [6.45, 7) is 0. The molecular weight excluding hydrogens is 631 g/mol. The number of benzene rings is 9. The van der Waals surface area contributed by atoms with Gasteiger partial charge in [0, 0.05) is 0 Å². The van der Waals surface area contributed by atoms with Crippen LogP contribution in [0.1, 0.15) is 1.37 Å². The molecule has 0 atom stereocenters. The van der Waals surface area contributed by atoms with E-state index in [2.05, 4.69) is 164 Å². The minimum atomic E-state index is 0.156. The predicted molar refractivity (Wildman–Crippen MR) is 205 cm³/mol. The van der Waals surface area contributed by atoms with Crippen LogP contribution in [0.15, 0.2) is 170 Å². The molecule has 0 unspecified atom stereocenters. The summed E-state index contributed by atoms with van der Waals surface area (Å²) >= 11 is 0.156. The van der Waals surface area contributed by atoms with E-state index >= 15 is 0 Å². The van der Waals surface area contributed by atoms with Crippen molar-refractivity contribution in [3.63, 3.8) is 0 Å². The molecule has 0 aliphatic rings. The molecule has 0 N–H and O–H groups in total. The van der Waals surface area contributed by atoms with Gasteiger partial charge < -0.3 is 0 Å². The number of hydrogen-bond donors (Lipinski definition) is 0. The second kappa shape index (κ2) is 10.5. The van der Waals surface area contributed by atoms with Gasteiger partial charge in [-0.25, -0.2) is 0 Å². The van der Waals surface area contributed by atoms with Crippen molar-refractivity contribution in [1.82, 2.24) is 0 Å². The van der Waals surface area contributed by atoms with E-state index in [4.69, 9.17) is 1.37 Å². The van der Waals surface area contributed by atoms with E-state index in [0.717, 1.165) is 21.5 Å².